The summed E-state index contributed by atoms with van der Waals surface area (Å²) in [5, 5.41) is 11.9. The van der Waals surface area contributed by atoms with Crippen LogP contribution in [0.15, 0.2) is 0 Å². The number of carbonyl (C=O) groups excluding carboxylic acids is 1. The van der Waals surface area contributed by atoms with Crippen molar-refractivity contribution < 1.29 is 18.9 Å². The molecular formula is C12H22N2O4S. The van der Waals surface area contributed by atoms with E-state index in [0.717, 1.165) is 0 Å². The zero-order valence-electron chi connectivity index (χ0n) is 11.6. The van der Waals surface area contributed by atoms with Crippen LogP contribution in [-0.4, -0.2) is 57.4 Å². The first-order valence-corrected chi connectivity index (χ1v) is 8.06. The minimum absolute atomic E-state index is 0.147. The summed E-state index contributed by atoms with van der Waals surface area (Å²) in [6, 6.07) is -0.350. The highest BCUT2D eigenvalue weighted by Gasteiger charge is 2.38. The Balaban J connectivity index is 2.45. The van der Waals surface area contributed by atoms with Crippen molar-refractivity contribution in [3.63, 3.8) is 0 Å². The molecule has 0 aromatic rings. The number of amides is 2. The van der Waals surface area contributed by atoms with E-state index in [1.165, 1.54) is 0 Å². The highest BCUT2D eigenvalue weighted by atomic mass is 32.2. The van der Waals surface area contributed by atoms with E-state index < -0.39 is 22.2 Å². The maximum atomic E-state index is 11.9. The first-order valence-electron chi connectivity index (χ1n) is 6.33. The van der Waals surface area contributed by atoms with Gasteiger partial charge in [0.1, 0.15) is 0 Å². The summed E-state index contributed by atoms with van der Waals surface area (Å²) in [6.07, 6.45) is 2.52. The topological polar surface area (TPSA) is 86.7 Å². The summed E-state index contributed by atoms with van der Waals surface area (Å²) in [5.74, 6) is -0.380. The molecule has 2 amide bonds. The van der Waals surface area contributed by atoms with Crippen LogP contribution in [0.2, 0.25) is 0 Å². The molecule has 110 valence electrons. The van der Waals surface area contributed by atoms with Gasteiger partial charge >= 0.3 is 12.0 Å². The number of piperidine rings is 1. The Morgan fingerprint density at radius 2 is 1.95 bits per heavy atom. The molecule has 1 aliphatic rings. The predicted molar refractivity (Wildman–Crippen MR) is 73.5 cm³/mol. The molecule has 0 bridgehead atoms. The number of nitrogens with zero attached hydrogens (tertiary/aromatic N) is 1. The average Bonchev–Trinajstić information content (AvgIpc) is 2.28. The van der Waals surface area contributed by atoms with Crippen molar-refractivity contribution in [1.29, 1.82) is 0 Å². The van der Waals surface area contributed by atoms with Gasteiger partial charge in [-0.3, -0.25) is 9.00 Å². The molecule has 1 rings (SSSR count). The molecule has 2 N–H and O–H groups in total. The van der Waals surface area contributed by atoms with Gasteiger partial charge < -0.3 is 15.3 Å². The van der Waals surface area contributed by atoms with Gasteiger partial charge in [-0.05, 0) is 26.7 Å². The largest absolute Gasteiger partial charge is 0.481 e. The highest BCUT2D eigenvalue weighted by molar-refractivity contribution is 7.84. The number of aliphatic carboxylic acids is 1. The number of nitrogens with one attached hydrogen (secondary N) is 1. The highest BCUT2D eigenvalue weighted by Crippen LogP contribution is 2.30. The van der Waals surface area contributed by atoms with E-state index in [1.807, 2.05) is 6.92 Å². The maximum absolute atomic E-state index is 11.9. The Kier molecular flexibility index (Phi) is 5.34. The van der Waals surface area contributed by atoms with Crippen molar-refractivity contribution in [2.24, 2.45) is 5.41 Å². The number of carbonyl (C=O) groups is 2. The normalized spacial score (nSPS) is 21.5. The second-order valence-electron chi connectivity index (χ2n) is 5.44. The fourth-order valence-electron chi connectivity index (χ4n) is 2.11. The van der Waals surface area contributed by atoms with Gasteiger partial charge in [-0.2, -0.15) is 0 Å². The Morgan fingerprint density at radius 1 is 1.42 bits per heavy atom. The lowest BCUT2D eigenvalue weighted by Crippen LogP contribution is -2.51. The first-order chi connectivity index (χ1) is 8.74. The van der Waals surface area contributed by atoms with Crippen LogP contribution in [0.25, 0.3) is 0 Å². The van der Waals surface area contributed by atoms with E-state index in [-0.39, 0.29) is 12.1 Å². The van der Waals surface area contributed by atoms with Crippen molar-refractivity contribution in [3.8, 4) is 0 Å². The first kappa shape index (κ1) is 15.9. The quantitative estimate of drug-likeness (QED) is 0.796. The minimum Gasteiger partial charge on any atom is -0.481 e. The molecule has 2 atom stereocenters. The van der Waals surface area contributed by atoms with Gasteiger partial charge in [0.25, 0.3) is 0 Å². The number of urea groups is 1. The smallest absolute Gasteiger partial charge is 0.317 e. The molecule has 0 radical (unpaired) electrons. The fourth-order valence-corrected chi connectivity index (χ4v) is 2.90. The van der Waals surface area contributed by atoms with Gasteiger partial charge in [0.2, 0.25) is 0 Å². The second kappa shape index (κ2) is 6.36. The van der Waals surface area contributed by atoms with Crippen LogP contribution in [0.1, 0.15) is 26.7 Å². The molecule has 1 fully saturated rings. The molecule has 0 aromatic carbocycles. The molecule has 19 heavy (non-hydrogen) atoms. The summed E-state index contributed by atoms with van der Waals surface area (Å²) in [6.45, 7) is 4.41. The molecule has 1 aliphatic heterocycles. The van der Waals surface area contributed by atoms with Crippen molar-refractivity contribution >= 4 is 22.8 Å². The van der Waals surface area contributed by atoms with Crippen LogP contribution in [-0.2, 0) is 15.6 Å². The zero-order chi connectivity index (χ0) is 14.6. The Hall–Kier alpha value is -1.11. The van der Waals surface area contributed by atoms with Crippen LogP contribution < -0.4 is 5.32 Å². The van der Waals surface area contributed by atoms with E-state index in [2.05, 4.69) is 5.32 Å². The van der Waals surface area contributed by atoms with Gasteiger partial charge in [0.05, 0.1) is 5.41 Å². The third-order valence-electron chi connectivity index (χ3n) is 3.53. The summed E-state index contributed by atoms with van der Waals surface area (Å²) in [4.78, 5) is 24.7. The number of likely N-dealkylation sites (tertiary alicyclic amines) is 1. The molecule has 0 saturated carbocycles. The summed E-state index contributed by atoms with van der Waals surface area (Å²) < 4.78 is 11.1. The van der Waals surface area contributed by atoms with E-state index >= 15 is 0 Å². The number of hydrogen-bond donors (Lipinski definition) is 2. The standard InChI is InChI=1S/C12H22N2O4S/c1-9(8-19(3)18)13-11(17)14-6-4-12(2,5-7-14)10(15)16/h9H,4-8H2,1-3H3,(H,13,17)(H,15,16). The summed E-state index contributed by atoms with van der Waals surface area (Å²) in [5.41, 5.74) is -0.729. The van der Waals surface area contributed by atoms with Crippen LogP contribution in [0.5, 0.6) is 0 Å². The van der Waals surface area contributed by atoms with Gasteiger partial charge in [-0.1, -0.05) is 0 Å². The van der Waals surface area contributed by atoms with E-state index in [0.29, 0.717) is 31.7 Å². The monoisotopic (exact) mass is 290 g/mol. The van der Waals surface area contributed by atoms with Crippen molar-refractivity contribution in [1.82, 2.24) is 10.2 Å². The van der Waals surface area contributed by atoms with Crippen LogP contribution in [0, 0.1) is 5.41 Å². The van der Waals surface area contributed by atoms with E-state index in [4.69, 9.17) is 5.11 Å². The van der Waals surface area contributed by atoms with Crippen molar-refractivity contribution in [3.05, 3.63) is 0 Å². The number of hydrogen-bond acceptors (Lipinski definition) is 3. The van der Waals surface area contributed by atoms with Gasteiger partial charge in [-0.15, -0.1) is 0 Å². The molecule has 0 aliphatic carbocycles. The SMILES string of the molecule is CC(CS(C)=O)NC(=O)N1CCC(C)(C(=O)O)CC1. The van der Waals surface area contributed by atoms with Gasteiger partial charge in [0.15, 0.2) is 0 Å². The molecular weight excluding hydrogens is 268 g/mol. The Labute approximate surface area is 116 Å². The third-order valence-corrected chi connectivity index (χ3v) is 4.49. The average molecular weight is 290 g/mol. The molecule has 1 saturated heterocycles. The van der Waals surface area contributed by atoms with Crippen molar-refractivity contribution in [2.45, 2.75) is 32.7 Å². The van der Waals surface area contributed by atoms with Crippen LogP contribution in [0.3, 0.4) is 0 Å². The third kappa shape index (κ3) is 4.49. The molecule has 2 unspecified atom stereocenters. The zero-order valence-corrected chi connectivity index (χ0v) is 12.5. The van der Waals surface area contributed by atoms with E-state index in [9.17, 15) is 13.8 Å². The lowest BCUT2D eigenvalue weighted by atomic mass is 9.80. The van der Waals surface area contributed by atoms with Gasteiger partial charge in [-0.25, -0.2) is 4.79 Å². The number of carboxylic acid groups (broad SMARTS) is 1. The lowest BCUT2D eigenvalue weighted by molar-refractivity contribution is -0.150. The van der Waals surface area contributed by atoms with Crippen LogP contribution in [0.4, 0.5) is 4.79 Å². The Bertz CT molecular complexity index is 378. The summed E-state index contributed by atoms with van der Waals surface area (Å²) in [7, 11) is -0.947. The molecule has 6 nitrogen and oxygen atoms in total. The van der Waals surface area contributed by atoms with Gasteiger partial charge in [0, 0.05) is 41.9 Å². The van der Waals surface area contributed by atoms with Crippen LogP contribution >= 0.6 is 0 Å². The van der Waals surface area contributed by atoms with Crippen molar-refractivity contribution in [2.75, 3.05) is 25.1 Å². The fraction of sp³-hybridized carbons (Fsp3) is 0.833. The maximum Gasteiger partial charge on any atom is 0.317 e. The number of carboxylic acids is 1. The molecule has 0 aromatic heterocycles. The summed E-state index contributed by atoms with van der Waals surface area (Å²) >= 11 is 0. The molecule has 0 spiro atoms. The molecule has 7 heteroatoms. The molecule has 1 heterocycles. The predicted octanol–water partition coefficient (Wildman–Crippen LogP) is 0.650. The lowest BCUT2D eigenvalue weighted by Gasteiger charge is -2.36. The number of rotatable bonds is 4. The minimum atomic E-state index is -0.947. The van der Waals surface area contributed by atoms with E-state index in [1.54, 1.807) is 18.1 Å². The Morgan fingerprint density at radius 3 is 2.37 bits per heavy atom. The second-order valence-corrected chi connectivity index (χ2v) is 6.92.